The van der Waals surface area contributed by atoms with Gasteiger partial charge in [-0.2, -0.15) is 0 Å². The van der Waals surface area contributed by atoms with Gasteiger partial charge in [0.15, 0.2) is 0 Å². The molecule has 0 aromatic carbocycles. The van der Waals surface area contributed by atoms with E-state index in [4.69, 9.17) is 16.3 Å². The van der Waals surface area contributed by atoms with E-state index >= 15 is 0 Å². The highest BCUT2D eigenvalue weighted by molar-refractivity contribution is 6.33. The Kier molecular flexibility index (Phi) is 7.32. The van der Waals surface area contributed by atoms with Crippen molar-refractivity contribution in [2.75, 3.05) is 43.5 Å². The molecule has 4 rings (SSSR count). The maximum Gasteiger partial charge on any atom is 0.229 e. The summed E-state index contributed by atoms with van der Waals surface area (Å²) in [6, 6.07) is 4.56. The van der Waals surface area contributed by atoms with Crippen molar-refractivity contribution >= 4 is 29.1 Å². The van der Waals surface area contributed by atoms with Gasteiger partial charge in [0, 0.05) is 38.1 Å². The zero-order chi connectivity index (χ0) is 21.6. The first-order chi connectivity index (χ1) is 15.1. The van der Waals surface area contributed by atoms with Crippen LogP contribution in [0, 0.1) is 17.7 Å². The molecule has 4 heterocycles. The minimum atomic E-state index is -0.488. The normalized spacial score (nSPS) is 19.7. The van der Waals surface area contributed by atoms with Crippen molar-refractivity contribution < 1.29 is 13.9 Å². The van der Waals surface area contributed by atoms with E-state index in [0.29, 0.717) is 29.7 Å². The molecule has 7 nitrogen and oxygen atoms in total. The second-order valence-electron chi connectivity index (χ2n) is 8.05. The fourth-order valence-corrected chi connectivity index (χ4v) is 4.11. The predicted molar refractivity (Wildman–Crippen MR) is 119 cm³/mol. The third-order valence-electron chi connectivity index (χ3n) is 5.79. The molecule has 166 valence electrons. The van der Waals surface area contributed by atoms with Crippen molar-refractivity contribution in [1.82, 2.24) is 15.3 Å². The summed E-state index contributed by atoms with van der Waals surface area (Å²) in [6.07, 6.45) is 5.19. The Morgan fingerprint density at radius 2 is 2.10 bits per heavy atom. The van der Waals surface area contributed by atoms with Crippen LogP contribution in [-0.2, 0) is 9.53 Å². The number of hydrogen-bond donors (Lipinski definition) is 3. The minimum absolute atomic E-state index is 0.103. The van der Waals surface area contributed by atoms with E-state index < -0.39 is 5.82 Å². The van der Waals surface area contributed by atoms with Crippen molar-refractivity contribution in [2.24, 2.45) is 11.8 Å². The van der Waals surface area contributed by atoms with E-state index in [1.54, 1.807) is 12.1 Å². The molecule has 2 aliphatic rings. The third-order valence-corrected chi connectivity index (χ3v) is 6.09. The number of pyridine rings is 2. The molecule has 1 unspecified atom stereocenters. The SMILES string of the molecule is O=C(Nc1cc(-c2nc(NCC3CCOCC3)ccc2F)c(Cl)cn1)C1CCCNC1. The monoisotopic (exact) mass is 447 g/mol. The quantitative estimate of drug-likeness (QED) is 0.625. The van der Waals surface area contributed by atoms with Gasteiger partial charge in [-0.15, -0.1) is 0 Å². The molecule has 2 aromatic rings. The Balaban J connectivity index is 1.49. The standard InChI is InChI=1S/C22H27ClFN5O2/c23-17-13-27-20(29-22(30)15-2-1-7-25-12-15)10-16(17)21-18(24)3-4-19(28-21)26-11-14-5-8-31-9-6-14/h3-4,10,13-15,25H,1-2,5-9,11-12H2,(H,26,28)(H,27,29,30). The number of aromatic nitrogens is 2. The molecule has 2 saturated heterocycles. The molecule has 3 N–H and O–H groups in total. The van der Waals surface area contributed by atoms with Crippen LogP contribution >= 0.6 is 11.6 Å². The summed E-state index contributed by atoms with van der Waals surface area (Å²) in [6.45, 7) is 3.86. The van der Waals surface area contributed by atoms with Crippen LogP contribution in [-0.4, -0.2) is 48.7 Å². The highest BCUT2D eigenvalue weighted by Gasteiger charge is 2.22. The summed E-state index contributed by atoms with van der Waals surface area (Å²) in [7, 11) is 0. The highest BCUT2D eigenvalue weighted by atomic mass is 35.5. The van der Waals surface area contributed by atoms with E-state index in [1.165, 1.54) is 12.3 Å². The molecule has 2 fully saturated rings. The van der Waals surface area contributed by atoms with Crippen LogP contribution in [0.1, 0.15) is 25.7 Å². The Hall–Kier alpha value is -2.29. The number of piperidine rings is 1. The molecule has 0 spiro atoms. The van der Waals surface area contributed by atoms with Gasteiger partial charge in [0.2, 0.25) is 5.91 Å². The number of hydrogen-bond acceptors (Lipinski definition) is 6. The lowest BCUT2D eigenvalue weighted by molar-refractivity contribution is -0.120. The number of anilines is 2. The van der Waals surface area contributed by atoms with Crippen molar-refractivity contribution in [3.8, 4) is 11.3 Å². The fourth-order valence-electron chi connectivity index (χ4n) is 3.92. The Morgan fingerprint density at radius 3 is 2.87 bits per heavy atom. The van der Waals surface area contributed by atoms with Crippen molar-refractivity contribution in [1.29, 1.82) is 0 Å². The topological polar surface area (TPSA) is 88.2 Å². The first kappa shape index (κ1) is 21.9. The fraction of sp³-hybridized carbons (Fsp3) is 0.500. The zero-order valence-electron chi connectivity index (χ0n) is 17.3. The second-order valence-corrected chi connectivity index (χ2v) is 8.45. The van der Waals surface area contributed by atoms with Gasteiger partial charge in [0.1, 0.15) is 23.1 Å². The van der Waals surface area contributed by atoms with Crippen LogP contribution in [0.25, 0.3) is 11.3 Å². The molecule has 9 heteroatoms. The molecule has 1 amide bonds. The van der Waals surface area contributed by atoms with Gasteiger partial charge in [-0.25, -0.2) is 14.4 Å². The van der Waals surface area contributed by atoms with Crippen LogP contribution in [0.5, 0.6) is 0 Å². The van der Waals surface area contributed by atoms with Gasteiger partial charge in [-0.05, 0) is 56.3 Å². The van der Waals surface area contributed by atoms with Gasteiger partial charge in [-0.3, -0.25) is 4.79 Å². The van der Waals surface area contributed by atoms with Crippen LogP contribution in [0.4, 0.5) is 16.0 Å². The van der Waals surface area contributed by atoms with Crippen LogP contribution in [0.2, 0.25) is 5.02 Å². The summed E-state index contributed by atoms with van der Waals surface area (Å²) in [5.74, 6) is 0.713. The summed E-state index contributed by atoms with van der Waals surface area (Å²) in [5, 5.41) is 9.61. The van der Waals surface area contributed by atoms with Gasteiger partial charge in [0.05, 0.1) is 10.9 Å². The first-order valence-corrected chi connectivity index (χ1v) is 11.1. The minimum Gasteiger partial charge on any atom is -0.381 e. The van der Waals surface area contributed by atoms with E-state index in [9.17, 15) is 9.18 Å². The average molecular weight is 448 g/mol. The molecular weight excluding hydrogens is 421 g/mol. The molecule has 0 radical (unpaired) electrons. The van der Waals surface area contributed by atoms with E-state index in [2.05, 4.69) is 25.9 Å². The highest BCUT2D eigenvalue weighted by Crippen LogP contribution is 2.31. The molecular formula is C22H27ClFN5O2. The third kappa shape index (κ3) is 5.70. The summed E-state index contributed by atoms with van der Waals surface area (Å²) in [5.41, 5.74) is 0.514. The zero-order valence-corrected chi connectivity index (χ0v) is 18.1. The lowest BCUT2D eigenvalue weighted by Gasteiger charge is -2.22. The lowest BCUT2D eigenvalue weighted by atomic mass is 9.99. The summed E-state index contributed by atoms with van der Waals surface area (Å²) in [4.78, 5) is 21.2. The van der Waals surface area contributed by atoms with Gasteiger partial charge >= 0.3 is 0 Å². The number of rotatable bonds is 6. The summed E-state index contributed by atoms with van der Waals surface area (Å²) >= 11 is 6.31. The first-order valence-electron chi connectivity index (χ1n) is 10.8. The van der Waals surface area contributed by atoms with Crippen molar-refractivity contribution in [3.05, 3.63) is 35.2 Å². The van der Waals surface area contributed by atoms with Gasteiger partial charge in [-0.1, -0.05) is 11.6 Å². The van der Waals surface area contributed by atoms with Crippen molar-refractivity contribution in [2.45, 2.75) is 25.7 Å². The van der Waals surface area contributed by atoms with Crippen LogP contribution in [0.3, 0.4) is 0 Å². The second kappa shape index (κ2) is 10.3. The molecule has 0 saturated carbocycles. The number of nitrogens with zero attached hydrogens (tertiary/aromatic N) is 2. The Bertz CT molecular complexity index is 917. The maximum absolute atomic E-state index is 14.6. The van der Waals surface area contributed by atoms with E-state index in [-0.39, 0.29) is 22.5 Å². The number of nitrogens with one attached hydrogen (secondary N) is 3. The largest absolute Gasteiger partial charge is 0.381 e. The van der Waals surface area contributed by atoms with Crippen LogP contribution < -0.4 is 16.0 Å². The number of carbonyl (C=O) groups excluding carboxylic acids is 1. The maximum atomic E-state index is 14.6. The predicted octanol–water partition coefficient (Wildman–Crippen LogP) is 3.71. The van der Waals surface area contributed by atoms with Crippen molar-refractivity contribution in [3.63, 3.8) is 0 Å². The molecule has 0 bridgehead atoms. The number of carbonyl (C=O) groups is 1. The van der Waals surface area contributed by atoms with E-state index in [1.807, 2.05) is 0 Å². The lowest BCUT2D eigenvalue weighted by Crippen LogP contribution is -2.37. The number of ether oxygens (including phenoxy) is 1. The van der Waals surface area contributed by atoms with Gasteiger partial charge < -0.3 is 20.7 Å². The van der Waals surface area contributed by atoms with E-state index in [0.717, 1.165) is 52.0 Å². The molecule has 31 heavy (non-hydrogen) atoms. The van der Waals surface area contributed by atoms with Gasteiger partial charge in [0.25, 0.3) is 0 Å². The molecule has 2 aliphatic heterocycles. The molecule has 2 aromatic heterocycles. The number of amides is 1. The Labute approximate surface area is 186 Å². The average Bonchev–Trinajstić information content (AvgIpc) is 2.81. The molecule has 1 atom stereocenters. The summed E-state index contributed by atoms with van der Waals surface area (Å²) < 4.78 is 20.0. The Morgan fingerprint density at radius 1 is 1.26 bits per heavy atom. The smallest absolute Gasteiger partial charge is 0.229 e. The number of halogens is 2. The van der Waals surface area contributed by atoms with Crippen LogP contribution in [0.15, 0.2) is 24.4 Å². The molecule has 0 aliphatic carbocycles.